The Morgan fingerprint density at radius 1 is 1.38 bits per heavy atom. The van der Waals surface area contributed by atoms with Crippen LogP contribution in [0, 0.1) is 6.92 Å². The largest absolute Gasteiger partial charge is 0.433 e. The van der Waals surface area contributed by atoms with E-state index >= 15 is 0 Å². The van der Waals surface area contributed by atoms with E-state index in [1.807, 2.05) is 18.2 Å². The summed E-state index contributed by atoms with van der Waals surface area (Å²) in [6.07, 6.45) is 4.69. The summed E-state index contributed by atoms with van der Waals surface area (Å²) in [6, 6.07) is 2.14. The number of aromatic nitrogens is 2. The molecule has 1 aliphatic rings. The van der Waals surface area contributed by atoms with E-state index in [-0.39, 0.29) is 11.9 Å². The first-order chi connectivity index (χ1) is 13.5. The minimum atomic E-state index is -4.52. The summed E-state index contributed by atoms with van der Waals surface area (Å²) in [5, 5.41) is -0.665. The fourth-order valence-corrected chi connectivity index (χ4v) is 4.40. The van der Waals surface area contributed by atoms with Crippen molar-refractivity contribution < 1.29 is 21.8 Å². The molecule has 29 heavy (non-hydrogen) atoms. The average Bonchev–Trinajstić information content (AvgIpc) is 3.00. The molecule has 0 bridgehead atoms. The quantitative estimate of drug-likeness (QED) is 0.511. The first-order valence-corrected chi connectivity index (χ1v) is 11.5. The smallest absolute Gasteiger partial charge is 0.427 e. The monoisotopic (exact) mass is 489 g/mol. The number of hydrogen-bond acceptors (Lipinski definition) is 5. The van der Waals surface area contributed by atoms with Crippen molar-refractivity contribution in [1.29, 1.82) is 0 Å². The maximum atomic E-state index is 13.1. The van der Waals surface area contributed by atoms with Gasteiger partial charge in [-0.25, -0.2) is 4.21 Å². The average molecular weight is 490 g/mol. The molecule has 0 amide bonds. The number of hydrogen-bond donors (Lipinski definition) is 0. The zero-order chi connectivity index (χ0) is 21.4. The molecule has 0 spiro atoms. The predicted octanol–water partition coefficient (Wildman–Crippen LogP) is 6.21. The fraction of sp³-hybridized carbons (Fsp3) is 0.368. The molecule has 0 aliphatic heterocycles. The summed E-state index contributed by atoms with van der Waals surface area (Å²) in [7, 11) is -2.90. The van der Waals surface area contributed by atoms with Crippen molar-refractivity contribution in [2.45, 2.75) is 37.6 Å². The lowest BCUT2D eigenvalue weighted by molar-refractivity contribution is -0.141. The molecule has 0 saturated carbocycles. The van der Waals surface area contributed by atoms with Gasteiger partial charge >= 0.3 is 12.2 Å². The van der Waals surface area contributed by atoms with E-state index in [1.165, 1.54) is 12.3 Å². The number of oxazole rings is 1. The van der Waals surface area contributed by atoms with Crippen molar-refractivity contribution in [3.63, 3.8) is 0 Å². The minimum Gasteiger partial charge on any atom is -0.427 e. The summed E-state index contributed by atoms with van der Waals surface area (Å²) in [5.41, 5.74) is 0.112. The van der Waals surface area contributed by atoms with Crippen LogP contribution in [0.5, 0.6) is 0 Å². The molecule has 5 nitrogen and oxygen atoms in total. The van der Waals surface area contributed by atoms with Crippen LogP contribution in [-0.2, 0) is 15.9 Å². The predicted molar refractivity (Wildman–Crippen MR) is 109 cm³/mol. The van der Waals surface area contributed by atoms with Gasteiger partial charge in [-0.15, -0.1) is 4.36 Å². The van der Waals surface area contributed by atoms with E-state index in [2.05, 4.69) is 30.3 Å². The van der Waals surface area contributed by atoms with Crippen LogP contribution in [-0.4, -0.2) is 20.4 Å². The molecule has 3 rings (SSSR count). The third-order valence-electron chi connectivity index (χ3n) is 4.69. The van der Waals surface area contributed by atoms with Crippen LogP contribution in [0.25, 0.3) is 0 Å². The number of allylic oxidation sites excluding steroid dienone is 4. The molecule has 3 unspecified atom stereocenters. The van der Waals surface area contributed by atoms with Gasteiger partial charge in [0.05, 0.1) is 20.7 Å². The Balaban J connectivity index is 1.86. The topological polar surface area (TPSA) is 68.3 Å². The normalized spacial score (nSPS) is 20.1. The highest BCUT2D eigenvalue weighted by atomic mass is 79.9. The lowest BCUT2D eigenvalue weighted by Crippen LogP contribution is -2.11. The Kier molecular flexibility index (Phi) is 6.05. The molecule has 2 heterocycles. The van der Waals surface area contributed by atoms with Crippen molar-refractivity contribution in [1.82, 2.24) is 9.97 Å². The Morgan fingerprint density at radius 2 is 2.10 bits per heavy atom. The van der Waals surface area contributed by atoms with Crippen LogP contribution in [0.1, 0.15) is 47.2 Å². The first kappa shape index (κ1) is 21.8. The highest BCUT2D eigenvalue weighted by molar-refractivity contribution is 9.11. The number of alkyl halides is 3. The molecule has 0 saturated heterocycles. The SMILES string of the molecule is Cc1oc(N=S(C)(=O)C(C)c2ccc(C(F)(F)F)nc2)nc1C1C=CC(Br)=CC1. The van der Waals surface area contributed by atoms with Gasteiger partial charge in [0.2, 0.25) is 0 Å². The van der Waals surface area contributed by atoms with E-state index in [0.29, 0.717) is 11.3 Å². The molecular weight excluding hydrogens is 471 g/mol. The van der Waals surface area contributed by atoms with Gasteiger partial charge in [-0.2, -0.15) is 18.2 Å². The maximum Gasteiger partial charge on any atom is 0.433 e. The molecule has 2 aromatic rings. The van der Waals surface area contributed by atoms with Crippen molar-refractivity contribution in [2.24, 2.45) is 4.36 Å². The summed E-state index contributed by atoms with van der Waals surface area (Å²) in [6.45, 7) is 3.39. The lowest BCUT2D eigenvalue weighted by Gasteiger charge is -2.14. The second kappa shape index (κ2) is 8.06. The number of halogens is 4. The third-order valence-corrected chi connectivity index (χ3v) is 7.38. The van der Waals surface area contributed by atoms with Crippen LogP contribution in [0.4, 0.5) is 19.2 Å². The van der Waals surface area contributed by atoms with E-state index in [9.17, 15) is 17.4 Å². The molecule has 0 N–H and O–H groups in total. The second-order valence-electron chi connectivity index (χ2n) is 6.80. The van der Waals surface area contributed by atoms with Crippen LogP contribution >= 0.6 is 15.9 Å². The Morgan fingerprint density at radius 3 is 2.66 bits per heavy atom. The lowest BCUT2D eigenvalue weighted by atomic mass is 9.96. The molecule has 156 valence electrons. The first-order valence-electron chi connectivity index (χ1n) is 8.72. The van der Waals surface area contributed by atoms with Crippen molar-refractivity contribution >= 4 is 31.7 Å². The van der Waals surface area contributed by atoms with Crippen LogP contribution in [0.3, 0.4) is 0 Å². The van der Waals surface area contributed by atoms with Crippen molar-refractivity contribution in [3.8, 4) is 0 Å². The highest BCUT2D eigenvalue weighted by Gasteiger charge is 2.32. The minimum absolute atomic E-state index is 0.00117. The van der Waals surface area contributed by atoms with E-state index in [0.717, 1.165) is 28.9 Å². The van der Waals surface area contributed by atoms with Crippen LogP contribution < -0.4 is 0 Å². The summed E-state index contributed by atoms with van der Waals surface area (Å²) in [5.74, 6) is 0.623. The van der Waals surface area contributed by atoms with Gasteiger partial charge in [0.1, 0.15) is 11.5 Å². The zero-order valence-electron chi connectivity index (χ0n) is 15.9. The van der Waals surface area contributed by atoms with Gasteiger partial charge in [-0.1, -0.05) is 40.2 Å². The van der Waals surface area contributed by atoms with E-state index in [1.54, 1.807) is 13.8 Å². The van der Waals surface area contributed by atoms with Gasteiger partial charge in [0.25, 0.3) is 0 Å². The number of aryl methyl sites for hydroxylation is 1. The summed E-state index contributed by atoms with van der Waals surface area (Å²) < 4.78 is 62.0. The Hall–Kier alpha value is -1.94. The number of pyridine rings is 1. The molecule has 1 aliphatic carbocycles. The standard InChI is InChI=1S/C19H19BrF3N3O2S/c1-11-17(13-4-7-15(20)8-5-13)25-18(28-11)26-29(3,27)12(2)14-6-9-16(24-10-14)19(21,22)23/h4,6-10,12-13H,5H2,1-3H3. The highest BCUT2D eigenvalue weighted by Crippen LogP contribution is 2.34. The third kappa shape index (κ3) is 4.98. The molecular formula is C19H19BrF3N3O2S. The number of nitrogens with zero attached hydrogens (tertiary/aromatic N) is 3. The van der Waals surface area contributed by atoms with Gasteiger partial charge < -0.3 is 4.42 Å². The van der Waals surface area contributed by atoms with Crippen LogP contribution in [0.2, 0.25) is 0 Å². The molecule has 0 aromatic carbocycles. The summed E-state index contributed by atoms with van der Waals surface area (Å²) in [4.78, 5) is 7.82. The van der Waals surface area contributed by atoms with Gasteiger partial charge in [-0.05, 0) is 31.9 Å². The maximum absolute atomic E-state index is 13.1. The van der Waals surface area contributed by atoms with E-state index in [4.69, 9.17) is 4.42 Å². The fourth-order valence-electron chi connectivity index (χ4n) is 2.87. The summed E-state index contributed by atoms with van der Waals surface area (Å²) >= 11 is 3.41. The van der Waals surface area contributed by atoms with Crippen LogP contribution in [0.15, 0.2) is 49.8 Å². The molecule has 0 radical (unpaired) electrons. The Bertz CT molecular complexity index is 1080. The Labute approximate surface area is 175 Å². The van der Waals surface area contributed by atoms with Gasteiger partial charge in [0.15, 0.2) is 0 Å². The zero-order valence-corrected chi connectivity index (χ0v) is 18.3. The molecule has 10 heteroatoms. The van der Waals surface area contributed by atoms with E-state index < -0.39 is 26.8 Å². The van der Waals surface area contributed by atoms with Gasteiger partial charge in [0, 0.05) is 22.9 Å². The molecule has 3 atom stereocenters. The van der Waals surface area contributed by atoms with Crippen molar-refractivity contribution in [2.75, 3.05) is 6.26 Å². The number of rotatable bonds is 4. The van der Waals surface area contributed by atoms with Crippen molar-refractivity contribution in [3.05, 3.63) is 63.8 Å². The molecule has 2 aromatic heterocycles. The molecule has 0 fully saturated rings. The second-order valence-corrected chi connectivity index (χ2v) is 10.3. The van der Waals surface area contributed by atoms with Gasteiger partial charge in [-0.3, -0.25) is 4.98 Å².